The molecule has 0 radical (unpaired) electrons. The van der Waals surface area contributed by atoms with Gasteiger partial charge in [0.1, 0.15) is 5.75 Å². The molecule has 0 saturated carbocycles. The largest absolute Gasteiger partial charge is 0.507 e. The molecule has 4 nitrogen and oxygen atoms in total. The molecule has 3 N–H and O–H groups in total. The predicted molar refractivity (Wildman–Crippen MR) is 90.7 cm³/mol. The summed E-state index contributed by atoms with van der Waals surface area (Å²) in [6, 6.07) is 14.9. The van der Waals surface area contributed by atoms with Gasteiger partial charge < -0.3 is 15.5 Å². The average Bonchev–Trinajstić information content (AvgIpc) is 2.54. The van der Waals surface area contributed by atoms with Gasteiger partial charge in [-0.25, -0.2) is 0 Å². The number of amides is 1. The Balaban J connectivity index is 2.09. The Morgan fingerprint density at radius 3 is 2.48 bits per heavy atom. The van der Waals surface area contributed by atoms with Crippen LogP contribution in [-0.4, -0.2) is 28.8 Å². The van der Waals surface area contributed by atoms with E-state index in [9.17, 15) is 15.0 Å². The Morgan fingerprint density at radius 1 is 1.13 bits per heavy atom. The van der Waals surface area contributed by atoms with Crippen LogP contribution < -0.4 is 5.32 Å². The van der Waals surface area contributed by atoms with E-state index in [1.807, 2.05) is 30.3 Å². The zero-order valence-corrected chi connectivity index (χ0v) is 13.5. The average molecular weight is 313 g/mol. The molecule has 0 aliphatic rings. The number of phenolic OH excluding ortho intramolecular Hbond substituents is 1. The Bertz CT molecular complexity index is 653. The second kappa shape index (κ2) is 7.79. The number of carbonyl (C=O) groups excluding carboxylic acids is 1. The molecule has 0 heterocycles. The Morgan fingerprint density at radius 2 is 1.83 bits per heavy atom. The third kappa shape index (κ3) is 4.57. The quantitative estimate of drug-likeness (QED) is 0.768. The van der Waals surface area contributed by atoms with Gasteiger partial charge in [-0.05, 0) is 37.5 Å². The van der Waals surface area contributed by atoms with Gasteiger partial charge in [-0.2, -0.15) is 0 Å². The molecule has 1 amide bonds. The molecule has 2 rings (SSSR count). The highest BCUT2D eigenvalue weighted by molar-refractivity contribution is 5.97. The van der Waals surface area contributed by atoms with E-state index in [0.717, 1.165) is 5.56 Å². The minimum Gasteiger partial charge on any atom is -0.507 e. The lowest BCUT2D eigenvalue weighted by Gasteiger charge is -2.20. The van der Waals surface area contributed by atoms with Crippen LogP contribution in [0.3, 0.4) is 0 Å². The van der Waals surface area contributed by atoms with Gasteiger partial charge in [-0.15, -0.1) is 0 Å². The molecular weight excluding hydrogens is 290 g/mol. The molecule has 122 valence electrons. The SMILES string of the molecule is Cc1cccc(C(=O)NCC(CC(C)O)c2ccccc2)c1O. The van der Waals surface area contributed by atoms with Gasteiger partial charge in [0.05, 0.1) is 11.7 Å². The maximum atomic E-state index is 12.3. The van der Waals surface area contributed by atoms with Crippen LogP contribution in [0.2, 0.25) is 0 Å². The molecule has 0 bridgehead atoms. The molecule has 0 aromatic heterocycles. The van der Waals surface area contributed by atoms with E-state index in [-0.39, 0.29) is 23.1 Å². The van der Waals surface area contributed by atoms with Crippen molar-refractivity contribution in [2.45, 2.75) is 32.3 Å². The first kappa shape index (κ1) is 17.0. The molecule has 23 heavy (non-hydrogen) atoms. The molecule has 2 unspecified atom stereocenters. The summed E-state index contributed by atoms with van der Waals surface area (Å²) < 4.78 is 0. The van der Waals surface area contributed by atoms with Gasteiger partial charge in [0.2, 0.25) is 0 Å². The number of aliphatic hydroxyl groups is 1. The van der Waals surface area contributed by atoms with Gasteiger partial charge >= 0.3 is 0 Å². The van der Waals surface area contributed by atoms with Gasteiger partial charge in [0.25, 0.3) is 5.91 Å². The summed E-state index contributed by atoms with van der Waals surface area (Å²) in [7, 11) is 0. The minimum absolute atomic E-state index is 0.0109. The number of phenols is 1. The third-order valence-electron chi connectivity index (χ3n) is 3.89. The van der Waals surface area contributed by atoms with Crippen molar-refractivity contribution < 1.29 is 15.0 Å². The molecule has 2 aromatic rings. The maximum Gasteiger partial charge on any atom is 0.255 e. The van der Waals surface area contributed by atoms with Crippen LogP contribution in [0.15, 0.2) is 48.5 Å². The van der Waals surface area contributed by atoms with Crippen LogP contribution in [0.5, 0.6) is 5.75 Å². The van der Waals surface area contributed by atoms with Crippen molar-refractivity contribution in [1.29, 1.82) is 0 Å². The summed E-state index contributed by atoms with van der Waals surface area (Å²) in [5, 5.41) is 22.5. The number of carbonyl (C=O) groups is 1. The van der Waals surface area contributed by atoms with Gasteiger partial charge in [-0.3, -0.25) is 4.79 Å². The number of nitrogens with one attached hydrogen (secondary N) is 1. The zero-order chi connectivity index (χ0) is 16.8. The fourth-order valence-corrected chi connectivity index (χ4v) is 2.63. The first-order valence-electron chi connectivity index (χ1n) is 7.78. The van der Waals surface area contributed by atoms with Gasteiger partial charge in [-0.1, -0.05) is 42.5 Å². The Labute approximate surface area is 136 Å². The van der Waals surface area contributed by atoms with E-state index in [4.69, 9.17) is 0 Å². The lowest BCUT2D eigenvalue weighted by molar-refractivity contribution is 0.0943. The first-order valence-corrected chi connectivity index (χ1v) is 7.78. The van der Waals surface area contributed by atoms with Crippen LogP contribution in [0, 0.1) is 6.92 Å². The molecule has 0 fully saturated rings. The van der Waals surface area contributed by atoms with Crippen molar-refractivity contribution in [2.75, 3.05) is 6.54 Å². The zero-order valence-electron chi connectivity index (χ0n) is 13.5. The number of hydrogen-bond acceptors (Lipinski definition) is 3. The van der Waals surface area contributed by atoms with Crippen LogP contribution >= 0.6 is 0 Å². The van der Waals surface area contributed by atoms with E-state index in [0.29, 0.717) is 18.5 Å². The van der Waals surface area contributed by atoms with Crippen LogP contribution in [0.25, 0.3) is 0 Å². The summed E-state index contributed by atoms with van der Waals surface area (Å²) in [5.41, 5.74) is 2.01. The van der Waals surface area contributed by atoms with E-state index in [1.54, 1.807) is 32.0 Å². The number of rotatable bonds is 6. The summed E-state index contributed by atoms with van der Waals surface area (Å²) in [5.74, 6) is -0.276. The fourth-order valence-electron chi connectivity index (χ4n) is 2.63. The number of aryl methyl sites for hydroxylation is 1. The van der Waals surface area contributed by atoms with Crippen molar-refractivity contribution in [3.05, 3.63) is 65.2 Å². The van der Waals surface area contributed by atoms with Crippen molar-refractivity contribution in [3.8, 4) is 5.75 Å². The Kier molecular flexibility index (Phi) is 5.77. The monoisotopic (exact) mass is 313 g/mol. The van der Waals surface area contributed by atoms with Crippen molar-refractivity contribution in [1.82, 2.24) is 5.32 Å². The number of aliphatic hydroxyl groups excluding tert-OH is 1. The predicted octanol–water partition coefficient (Wildman–Crippen LogP) is 2.99. The third-order valence-corrected chi connectivity index (χ3v) is 3.89. The topological polar surface area (TPSA) is 69.6 Å². The van der Waals surface area contributed by atoms with Crippen LogP contribution in [0.4, 0.5) is 0 Å². The van der Waals surface area contributed by atoms with Crippen molar-refractivity contribution in [3.63, 3.8) is 0 Å². The summed E-state index contributed by atoms with van der Waals surface area (Å²) in [6.07, 6.45) is 0.105. The number of hydrogen-bond donors (Lipinski definition) is 3. The lowest BCUT2D eigenvalue weighted by Crippen LogP contribution is -2.29. The number of benzene rings is 2. The highest BCUT2D eigenvalue weighted by Gasteiger charge is 2.17. The summed E-state index contributed by atoms with van der Waals surface area (Å²) in [4.78, 5) is 12.3. The molecule has 0 aliphatic heterocycles. The molecule has 0 spiro atoms. The molecule has 2 aromatic carbocycles. The molecule has 0 aliphatic carbocycles. The minimum atomic E-state index is -0.454. The van der Waals surface area contributed by atoms with E-state index < -0.39 is 6.10 Å². The second-order valence-electron chi connectivity index (χ2n) is 5.87. The standard InChI is InChI=1S/C19H23NO3/c1-13-7-6-10-17(18(13)22)19(23)20-12-16(11-14(2)21)15-8-4-3-5-9-15/h3-10,14,16,21-22H,11-12H2,1-2H3,(H,20,23). The first-order chi connectivity index (χ1) is 11.0. The molecule has 2 atom stereocenters. The van der Waals surface area contributed by atoms with E-state index in [2.05, 4.69) is 5.32 Å². The second-order valence-corrected chi connectivity index (χ2v) is 5.87. The van der Waals surface area contributed by atoms with E-state index >= 15 is 0 Å². The molecule has 0 saturated heterocycles. The van der Waals surface area contributed by atoms with Gasteiger partial charge in [0.15, 0.2) is 0 Å². The van der Waals surface area contributed by atoms with Crippen LogP contribution in [-0.2, 0) is 0 Å². The van der Waals surface area contributed by atoms with E-state index in [1.165, 1.54) is 0 Å². The fraction of sp³-hybridized carbons (Fsp3) is 0.316. The molecule has 4 heteroatoms. The number of aromatic hydroxyl groups is 1. The number of para-hydroxylation sites is 1. The smallest absolute Gasteiger partial charge is 0.255 e. The van der Waals surface area contributed by atoms with Gasteiger partial charge in [0, 0.05) is 12.5 Å². The summed E-state index contributed by atoms with van der Waals surface area (Å²) in [6.45, 7) is 3.90. The lowest BCUT2D eigenvalue weighted by atomic mass is 9.93. The maximum absolute atomic E-state index is 12.3. The highest BCUT2D eigenvalue weighted by atomic mass is 16.3. The van der Waals surface area contributed by atoms with Crippen molar-refractivity contribution >= 4 is 5.91 Å². The highest BCUT2D eigenvalue weighted by Crippen LogP contribution is 2.23. The van der Waals surface area contributed by atoms with Crippen molar-refractivity contribution in [2.24, 2.45) is 0 Å². The Hall–Kier alpha value is -2.33. The molecular formula is C19H23NO3. The summed E-state index contributed by atoms with van der Waals surface area (Å²) >= 11 is 0. The normalized spacial score (nSPS) is 13.3. The van der Waals surface area contributed by atoms with Crippen LogP contribution in [0.1, 0.15) is 40.7 Å².